The van der Waals surface area contributed by atoms with Crippen LogP contribution in [0, 0.1) is 12.3 Å². The van der Waals surface area contributed by atoms with Crippen LogP contribution in [0.5, 0.6) is 5.75 Å². The molecule has 1 amide bonds. The average Bonchev–Trinajstić information content (AvgIpc) is 2.53. The molecule has 1 aromatic rings. The summed E-state index contributed by atoms with van der Waals surface area (Å²) in [7, 11) is 1.29. The van der Waals surface area contributed by atoms with Gasteiger partial charge in [0.05, 0.1) is 7.11 Å². The Morgan fingerprint density at radius 2 is 2.14 bits per heavy atom. The SMILES string of the molecule is C#C[C@H]1[C@@H](Oc2ccccc2)C(=O)N1C/C=C/C(=O)OC. The Morgan fingerprint density at radius 3 is 2.76 bits per heavy atom. The minimum absolute atomic E-state index is 0.198. The number of esters is 1. The van der Waals surface area contributed by atoms with Gasteiger partial charge in [-0.25, -0.2) is 4.79 Å². The van der Waals surface area contributed by atoms with Gasteiger partial charge < -0.3 is 14.4 Å². The summed E-state index contributed by atoms with van der Waals surface area (Å²) in [6, 6.07) is 8.58. The summed E-state index contributed by atoms with van der Waals surface area (Å²) in [6.45, 7) is 0.247. The van der Waals surface area contributed by atoms with Crippen molar-refractivity contribution in [1.82, 2.24) is 4.90 Å². The molecule has 0 unspecified atom stereocenters. The molecule has 1 aromatic carbocycles. The van der Waals surface area contributed by atoms with Crippen LogP contribution < -0.4 is 4.74 Å². The molecule has 0 N–H and O–H groups in total. The highest BCUT2D eigenvalue weighted by Crippen LogP contribution is 2.24. The Morgan fingerprint density at radius 1 is 1.43 bits per heavy atom. The lowest BCUT2D eigenvalue weighted by atomic mass is 9.98. The molecule has 1 saturated heterocycles. The summed E-state index contributed by atoms with van der Waals surface area (Å²) in [5, 5.41) is 0. The Labute approximate surface area is 123 Å². The van der Waals surface area contributed by atoms with Gasteiger partial charge in [-0.3, -0.25) is 4.79 Å². The fourth-order valence-corrected chi connectivity index (χ4v) is 1.99. The first kappa shape index (κ1) is 14.7. The first-order chi connectivity index (χ1) is 10.2. The lowest BCUT2D eigenvalue weighted by Crippen LogP contribution is -2.66. The van der Waals surface area contributed by atoms with Crippen LogP contribution in [0.1, 0.15) is 0 Å². The molecule has 0 bridgehead atoms. The number of amides is 1. The fraction of sp³-hybridized carbons (Fsp3) is 0.250. The van der Waals surface area contributed by atoms with E-state index in [0.717, 1.165) is 0 Å². The predicted molar refractivity (Wildman–Crippen MR) is 76.3 cm³/mol. The second-order valence-electron chi connectivity index (χ2n) is 4.38. The van der Waals surface area contributed by atoms with E-state index in [-0.39, 0.29) is 12.5 Å². The highest BCUT2D eigenvalue weighted by molar-refractivity contribution is 5.90. The zero-order valence-electron chi connectivity index (χ0n) is 11.6. The first-order valence-corrected chi connectivity index (χ1v) is 6.40. The number of carbonyl (C=O) groups is 2. The second-order valence-corrected chi connectivity index (χ2v) is 4.38. The van der Waals surface area contributed by atoms with Crippen molar-refractivity contribution in [3.05, 3.63) is 42.5 Å². The number of rotatable bonds is 5. The van der Waals surface area contributed by atoms with Crippen molar-refractivity contribution in [3.8, 4) is 18.1 Å². The summed E-state index contributed by atoms with van der Waals surface area (Å²) in [4.78, 5) is 24.5. The van der Waals surface area contributed by atoms with E-state index in [2.05, 4.69) is 10.7 Å². The van der Waals surface area contributed by atoms with Crippen LogP contribution in [-0.2, 0) is 14.3 Å². The number of hydrogen-bond donors (Lipinski definition) is 0. The Balaban J connectivity index is 1.96. The highest BCUT2D eigenvalue weighted by Gasteiger charge is 2.47. The van der Waals surface area contributed by atoms with Crippen molar-refractivity contribution in [2.45, 2.75) is 12.1 Å². The Hall–Kier alpha value is -2.74. The van der Waals surface area contributed by atoms with Crippen molar-refractivity contribution in [3.63, 3.8) is 0 Å². The van der Waals surface area contributed by atoms with Crippen LogP contribution >= 0.6 is 0 Å². The molecule has 2 atom stereocenters. The van der Waals surface area contributed by atoms with Crippen molar-refractivity contribution < 1.29 is 19.1 Å². The third-order valence-corrected chi connectivity index (χ3v) is 3.08. The van der Waals surface area contributed by atoms with E-state index < -0.39 is 18.1 Å². The quantitative estimate of drug-likeness (QED) is 0.351. The minimum Gasteiger partial charge on any atom is -0.477 e. The van der Waals surface area contributed by atoms with Crippen molar-refractivity contribution in [2.75, 3.05) is 13.7 Å². The van der Waals surface area contributed by atoms with E-state index >= 15 is 0 Å². The third kappa shape index (κ3) is 3.23. The van der Waals surface area contributed by atoms with Gasteiger partial charge in [0.1, 0.15) is 11.8 Å². The molecule has 1 aliphatic rings. The largest absolute Gasteiger partial charge is 0.477 e. The molecule has 5 nitrogen and oxygen atoms in total. The summed E-state index contributed by atoms with van der Waals surface area (Å²) in [5.41, 5.74) is 0. The topological polar surface area (TPSA) is 55.8 Å². The highest BCUT2D eigenvalue weighted by atomic mass is 16.5. The maximum atomic E-state index is 12.0. The standard InChI is InChI=1S/C16H15NO4/c1-3-13-15(21-12-8-5-4-6-9-12)16(19)17(13)11-7-10-14(18)20-2/h1,4-10,13,15H,11H2,2H3/b10-7+/t13-,15+/m0/s1. The molecule has 1 aliphatic heterocycles. The molecular weight excluding hydrogens is 270 g/mol. The van der Waals surface area contributed by atoms with E-state index in [9.17, 15) is 9.59 Å². The van der Waals surface area contributed by atoms with Crippen LogP contribution in [0.4, 0.5) is 0 Å². The number of β-lactam (4-membered cyclic amide) rings is 1. The molecule has 1 fully saturated rings. The third-order valence-electron chi connectivity index (χ3n) is 3.08. The smallest absolute Gasteiger partial charge is 0.330 e. The van der Waals surface area contributed by atoms with Gasteiger partial charge in [0, 0.05) is 12.6 Å². The number of benzene rings is 1. The summed E-state index contributed by atoms with van der Waals surface area (Å²) >= 11 is 0. The number of nitrogens with zero attached hydrogens (tertiary/aromatic N) is 1. The number of ether oxygens (including phenoxy) is 2. The minimum atomic E-state index is -0.677. The van der Waals surface area contributed by atoms with Gasteiger partial charge in [0.15, 0.2) is 0 Å². The van der Waals surface area contributed by atoms with E-state index in [1.165, 1.54) is 24.2 Å². The van der Waals surface area contributed by atoms with Gasteiger partial charge in [-0.05, 0) is 12.1 Å². The number of hydrogen-bond acceptors (Lipinski definition) is 4. The van der Waals surface area contributed by atoms with E-state index in [0.29, 0.717) is 5.75 Å². The number of likely N-dealkylation sites (tertiary alicyclic amines) is 1. The molecule has 5 heteroatoms. The van der Waals surface area contributed by atoms with E-state index in [4.69, 9.17) is 11.2 Å². The number of terminal acetylenes is 1. The van der Waals surface area contributed by atoms with Crippen molar-refractivity contribution in [1.29, 1.82) is 0 Å². The van der Waals surface area contributed by atoms with E-state index in [1.54, 1.807) is 12.1 Å². The number of methoxy groups -OCH3 is 1. The molecule has 2 rings (SSSR count). The lowest BCUT2D eigenvalue weighted by Gasteiger charge is -2.43. The average molecular weight is 285 g/mol. The van der Waals surface area contributed by atoms with Gasteiger partial charge in [0.25, 0.3) is 5.91 Å². The fourth-order valence-electron chi connectivity index (χ4n) is 1.99. The number of carbonyl (C=O) groups excluding carboxylic acids is 2. The van der Waals surface area contributed by atoms with Crippen LogP contribution in [0.25, 0.3) is 0 Å². The normalized spacial score (nSPS) is 20.8. The molecule has 1 heterocycles. The predicted octanol–water partition coefficient (Wildman–Crippen LogP) is 1.01. The maximum Gasteiger partial charge on any atom is 0.330 e. The molecule has 108 valence electrons. The number of para-hydroxylation sites is 1. The van der Waals surface area contributed by atoms with Gasteiger partial charge in [-0.1, -0.05) is 30.2 Å². The molecule has 0 saturated carbocycles. The summed E-state index contributed by atoms with van der Waals surface area (Å²) < 4.78 is 10.1. The molecule has 0 aromatic heterocycles. The van der Waals surface area contributed by atoms with Gasteiger partial charge in [0.2, 0.25) is 6.10 Å². The van der Waals surface area contributed by atoms with Crippen LogP contribution in [-0.4, -0.2) is 42.6 Å². The monoisotopic (exact) mass is 285 g/mol. The van der Waals surface area contributed by atoms with E-state index in [1.807, 2.05) is 18.2 Å². The maximum absolute atomic E-state index is 12.0. The Bertz CT molecular complexity index is 588. The lowest BCUT2D eigenvalue weighted by molar-refractivity contribution is -0.157. The summed E-state index contributed by atoms with van der Waals surface area (Å²) in [5.74, 6) is 2.46. The molecular formula is C16H15NO4. The van der Waals surface area contributed by atoms with Gasteiger partial charge in [-0.2, -0.15) is 0 Å². The van der Waals surface area contributed by atoms with Crippen LogP contribution in [0.3, 0.4) is 0 Å². The van der Waals surface area contributed by atoms with Crippen LogP contribution in [0.15, 0.2) is 42.5 Å². The Kier molecular flexibility index (Phi) is 4.62. The molecule has 0 aliphatic carbocycles. The van der Waals surface area contributed by atoms with Crippen LogP contribution in [0.2, 0.25) is 0 Å². The van der Waals surface area contributed by atoms with Gasteiger partial charge >= 0.3 is 5.97 Å². The second kappa shape index (κ2) is 6.62. The van der Waals surface area contributed by atoms with Gasteiger partial charge in [-0.15, -0.1) is 6.42 Å². The zero-order chi connectivity index (χ0) is 15.2. The first-order valence-electron chi connectivity index (χ1n) is 6.40. The summed E-state index contributed by atoms with van der Waals surface area (Å²) in [6.07, 6.45) is 7.56. The molecule has 0 spiro atoms. The zero-order valence-corrected chi connectivity index (χ0v) is 11.6. The molecule has 0 radical (unpaired) electrons. The van der Waals surface area contributed by atoms with Crippen molar-refractivity contribution >= 4 is 11.9 Å². The van der Waals surface area contributed by atoms with Crippen molar-refractivity contribution in [2.24, 2.45) is 0 Å². The molecule has 21 heavy (non-hydrogen) atoms.